The molecular weight excluding hydrogens is 240 g/mol. The van der Waals surface area contributed by atoms with Crippen molar-refractivity contribution in [1.82, 2.24) is 0 Å². The lowest BCUT2D eigenvalue weighted by atomic mass is 10.1. The van der Waals surface area contributed by atoms with Gasteiger partial charge in [-0.15, -0.1) is 0 Å². The first-order valence-electron chi connectivity index (χ1n) is 3.70. The van der Waals surface area contributed by atoms with Crippen molar-refractivity contribution >= 4 is 27.3 Å². The normalized spacial score (nSPS) is 15.9. The lowest BCUT2D eigenvalue weighted by Gasteiger charge is -2.15. The molecule has 1 aromatic heterocycles. The summed E-state index contributed by atoms with van der Waals surface area (Å²) in [6, 6.07) is 1.83. The molecule has 0 saturated carbocycles. The van der Waals surface area contributed by atoms with Gasteiger partial charge in [0.15, 0.2) is 0 Å². The second-order valence-electron chi connectivity index (χ2n) is 2.55. The summed E-state index contributed by atoms with van der Waals surface area (Å²) < 4.78 is 0. The van der Waals surface area contributed by atoms with Gasteiger partial charge in [-0.1, -0.05) is 15.9 Å². The zero-order valence-corrected chi connectivity index (χ0v) is 8.88. The third-order valence-corrected chi connectivity index (χ3v) is 2.81. The van der Waals surface area contributed by atoms with E-state index in [1.54, 1.807) is 0 Å². The Morgan fingerprint density at radius 3 is 2.75 bits per heavy atom. The molecule has 0 bridgehead atoms. The Morgan fingerprint density at radius 1 is 1.50 bits per heavy atom. The van der Waals surface area contributed by atoms with E-state index in [-0.39, 0.29) is 0 Å². The Bertz CT molecular complexity index is 213. The van der Waals surface area contributed by atoms with Gasteiger partial charge >= 0.3 is 0 Å². The Morgan fingerprint density at radius 2 is 2.25 bits per heavy atom. The highest BCUT2D eigenvalue weighted by Gasteiger charge is 2.17. The predicted octanol–water partition coefficient (Wildman–Crippen LogP) is 1.93. The van der Waals surface area contributed by atoms with E-state index < -0.39 is 12.2 Å². The molecule has 0 aliphatic rings. The van der Waals surface area contributed by atoms with Gasteiger partial charge in [-0.05, 0) is 28.8 Å². The van der Waals surface area contributed by atoms with E-state index in [0.717, 1.165) is 5.56 Å². The van der Waals surface area contributed by atoms with Crippen molar-refractivity contribution in [2.75, 3.05) is 5.33 Å². The van der Waals surface area contributed by atoms with Crippen molar-refractivity contribution in [2.24, 2.45) is 0 Å². The van der Waals surface area contributed by atoms with Crippen molar-refractivity contribution in [3.8, 4) is 0 Å². The molecule has 12 heavy (non-hydrogen) atoms. The highest BCUT2D eigenvalue weighted by Crippen LogP contribution is 2.21. The summed E-state index contributed by atoms with van der Waals surface area (Å²) in [6.07, 6.45) is -0.843. The minimum absolute atomic E-state index is 0.566. The average Bonchev–Trinajstić information content (AvgIpc) is 2.55. The van der Waals surface area contributed by atoms with Crippen molar-refractivity contribution in [3.63, 3.8) is 0 Å². The van der Waals surface area contributed by atoms with E-state index in [1.165, 1.54) is 11.3 Å². The molecule has 2 N–H and O–H groups in total. The monoisotopic (exact) mass is 250 g/mol. The van der Waals surface area contributed by atoms with Crippen molar-refractivity contribution < 1.29 is 10.2 Å². The largest absolute Gasteiger partial charge is 0.390 e. The minimum Gasteiger partial charge on any atom is -0.390 e. The van der Waals surface area contributed by atoms with Gasteiger partial charge in [-0.2, -0.15) is 11.3 Å². The number of aliphatic hydroxyl groups excluding tert-OH is 2. The van der Waals surface area contributed by atoms with Gasteiger partial charge in [0.1, 0.15) is 6.10 Å². The summed E-state index contributed by atoms with van der Waals surface area (Å²) in [5.41, 5.74) is 0.799. The number of halogens is 1. The van der Waals surface area contributed by atoms with Gasteiger partial charge in [-0.3, -0.25) is 0 Å². The topological polar surface area (TPSA) is 40.5 Å². The van der Waals surface area contributed by atoms with Gasteiger partial charge in [0.05, 0.1) is 6.10 Å². The van der Waals surface area contributed by atoms with Crippen molar-refractivity contribution in [3.05, 3.63) is 22.4 Å². The lowest BCUT2D eigenvalue weighted by Crippen LogP contribution is -2.17. The Labute approximate surface area is 84.0 Å². The smallest absolute Gasteiger partial charge is 0.106 e. The fourth-order valence-corrected chi connectivity index (χ4v) is 2.09. The second-order valence-corrected chi connectivity index (χ2v) is 4.12. The maximum atomic E-state index is 9.54. The minimum atomic E-state index is -0.742. The maximum absolute atomic E-state index is 9.54. The standard InChI is InChI=1S/C8H11BrO2S/c9-3-1-7(10)8(11)6-2-4-12-5-6/h2,4-5,7-8,10-11H,1,3H2. The van der Waals surface area contributed by atoms with Crippen molar-refractivity contribution in [1.29, 1.82) is 0 Å². The first-order valence-corrected chi connectivity index (χ1v) is 5.76. The Kier molecular flexibility index (Phi) is 4.21. The van der Waals surface area contributed by atoms with Gasteiger partial charge < -0.3 is 10.2 Å². The van der Waals surface area contributed by atoms with E-state index in [1.807, 2.05) is 16.8 Å². The highest BCUT2D eigenvalue weighted by atomic mass is 79.9. The maximum Gasteiger partial charge on any atom is 0.106 e. The second kappa shape index (κ2) is 4.97. The third kappa shape index (κ3) is 2.55. The third-order valence-electron chi connectivity index (χ3n) is 1.65. The summed E-state index contributed by atoms with van der Waals surface area (Å²) >= 11 is 4.73. The van der Waals surface area contributed by atoms with Crippen LogP contribution >= 0.6 is 27.3 Å². The summed E-state index contributed by atoms with van der Waals surface area (Å²) in [7, 11) is 0. The molecule has 2 atom stereocenters. The Hall–Kier alpha value is 0.100. The van der Waals surface area contributed by atoms with Crippen LogP contribution in [0.1, 0.15) is 18.1 Å². The molecule has 1 aromatic rings. The number of alkyl halides is 1. The fraction of sp³-hybridized carbons (Fsp3) is 0.500. The molecule has 2 nitrogen and oxygen atoms in total. The van der Waals surface area contributed by atoms with Crippen LogP contribution in [0.2, 0.25) is 0 Å². The van der Waals surface area contributed by atoms with Crippen LogP contribution in [0.5, 0.6) is 0 Å². The van der Waals surface area contributed by atoms with E-state index in [0.29, 0.717) is 11.8 Å². The summed E-state index contributed by atoms with van der Waals surface area (Å²) in [5, 5.41) is 23.4. The quantitative estimate of drug-likeness (QED) is 0.803. The molecular formula is C8H11BrO2S. The summed E-state index contributed by atoms with van der Waals surface area (Å²) in [5.74, 6) is 0. The van der Waals surface area contributed by atoms with Crippen LogP contribution in [-0.2, 0) is 0 Å². The van der Waals surface area contributed by atoms with Crippen molar-refractivity contribution in [2.45, 2.75) is 18.6 Å². The van der Waals surface area contributed by atoms with Crippen LogP contribution in [-0.4, -0.2) is 21.6 Å². The average molecular weight is 251 g/mol. The molecule has 0 amide bonds. The zero-order valence-electron chi connectivity index (χ0n) is 6.48. The molecule has 0 aliphatic heterocycles. The van der Waals surface area contributed by atoms with Crippen LogP contribution in [0, 0.1) is 0 Å². The number of hydrogen-bond acceptors (Lipinski definition) is 3. The van der Waals surface area contributed by atoms with E-state index >= 15 is 0 Å². The van der Waals surface area contributed by atoms with E-state index in [2.05, 4.69) is 15.9 Å². The van der Waals surface area contributed by atoms with E-state index in [4.69, 9.17) is 0 Å². The van der Waals surface area contributed by atoms with E-state index in [9.17, 15) is 10.2 Å². The van der Waals surface area contributed by atoms with Crippen LogP contribution < -0.4 is 0 Å². The Balaban J connectivity index is 2.53. The molecule has 4 heteroatoms. The number of hydrogen-bond donors (Lipinski definition) is 2. The van der Waals surface area contributed by atoms with Crippen LogP contribution in [0.15, 0.2) is 16.8 Å². The molecule has 1 heterocycles. The van der Waals surface area contributed by atoms with Crippen LogP contribution in [0.3, 0.4) is 0 Å². The van der Waals surface area contributed by atoms with Gasteiger partial charge in [0.2, 0.25) is 0 Å². The van der Waals surface area contributed by atoms with Crippen LogP contribution in [0.4, 0.5) is 0 Å². The molecule has 0 spiro atoms. The lowest BCUT2D eigenvalue weighted by molar-refractivity contribution is 0.0176. The molecule has 1 rings (SSSR count). The molecule has 0 radical (unpaired) electrons. The van der Waals surface area contributed by atoms with Gasteiger partial charge in [0.25, 0.3) is 0 Å². The molecule has 0 fully saturated rings. The predicted molar refractivity (Wildman–Crippen MR) is 53.7 cm³/mol. The summed E-state index contributed by atoms with van der Waals surface area (Å²) in [4.78, 5) is 0. The fourth-order valence-electron chi connectivity index (χ4n) is 0.935. The number of thiophene rings is 1. The summed E-state index contributed by atoms with van der Waals surface area (Å²) in [6.45, 7) is 0. The van der Waals surface area contributed by atoms with Gasteiger partial charge in [-0.25, -0.2) is 0 Å². The molecule has 0 aliphatic carbocycles. The molecule has 2 unspecified atom stereocenters. The molecule has 68 valence electrons. The van der Waals surface area contributed by atoms with Crippen LogP contribution in [0.25, 0.3) is 0 Å². The molecule has 0 aromatic carbocycles. The zero-order chi connectivity index (χ0) is 8.97. The number of aliphatic hydroxyl groups is 2. The first kappa shape index (κ1) is 10.2. The molecule has 0 saturated heterocycles. The van der Waals surface area contributed by atoms with Gasteiger partial charge in [0, 0.05) is 5.33 Å². The SMILES string of the molecule is OC(CCBr)C(O)c1ccsc1. The highest BCUT2D eigenvalue weighted by molar-refractivity contribution is 9.09. The number of rotatable bonds is 4. The first-order chi connectivity index (χ1) is 5.75.